The Kier molecular flexibility index (Phi) is 38.8. The number of esters is 2. The highest BCUT2D eigenvalue weighted by Crippen LogP contribution is 2.43. The highest BCUT2D eigenvalue weighted by atomic mass is 31.2. The molecule has 0 fully saturated rings. The van der Waals surface area contributed by atoms with Crippen molar-refractivity contribution in [2.24, 2.45) is 0 Å². The van der Waals surface area contributed by atoms with E-state index in [0.29, 0.717) is 12.8 Å². The zero-order valence-corrected chi connectivity index (χ0v) is 35.9. The van der Waals surface area contributed by atoms with Gasteiger partial charge in [0.15, 0.2) is 0 Å². The molecule has 3 unspecified atom stereocenters. The molecule has 11 heteroatoms. The minimum absolute atomic E-state index is 0.133. The lowest BCUT2D eigenvalue weighted by Gasteiger charge is -2.20. The number of hydrogen-bond donors (Lipinski definition) is 3. The van der Waals surface area contributed by atoms with Gasteiger partial charge in [-0.2, -0.15) is 0 Å². The third kappa shape index (κ3) is 39.5. The van der Waals surface area contributed by atoms with Crippen LogP contribution in [-0.2, 0) is 32.7 Å². The van der Waals surface area contributed by atoms with Crippen LogP contribution in [0.2, 0.25) is 0 Å². The Hall–Kier alpha value is -3.11. The lowest BCUT2D eigenvalue weighted by Crippen LogP contribution is -2.28. The highest BCUT2D eigenvalue weighted by molar-refractivity contribution is 7.47. The summed E-state index contributed by atoms with van der Waals surface area (Å²) in [6.45, 7) is 1.89. The SMILES string of the molecule is CC/C=C\C/C=C\C/C=C\C/C=C\CCCCCCCCC(=O)OC(CO)COP(=O)(O)OCC(CO)OC(=O)CCCC/C=C\C/C=C\C/C=C\C/C=C\CC. The average molecular weight is 819 g/mol. The standard InChI is InChI=1S/C46H75O10P/c1-3-5-7-9-11-13-15-17-19-20-21-22-24-26-28-30-32-34-36-38-46(50)56-44(40-48)42-54-57(51,52)53-41-43(39-47)55-45(49)37-35-33-31-29-27-25-23-18-16-14-12-10-8-6-4-2/h5-8,11-14,17-19,21-23,27,29,43-44,47-48H,3-4,9-10,15-16,20,24-26,28,30-42H2,1-2H3,(H,51,52)/b7-5-,8-6-,13-11-,14-12-,19-17-,22-21-,23-18-,29-27-. The quantitative estimate of drug-likeness (QED) is 0.0238. The molecule has 0 aliphatic rings. The normalized spacial score (nSPS) is 14.8. The Labute approximate surface area is 344 Å². The minimum atomic E-state index is -4.66. The van der Waals surface area contributed by atoms with Crippen molar-refractivity contribution in [2.45, 2.75) is 154 Å². The molecule has 0 spiro atoms. The zero-order chi connectivity index (χ0) is 41.9. The first kappa shape index (κ1) is 53.9. The number of rotatable bonds is 38. The number of phosphoric acid groups is 1. The van der Waals surface area contributed by atoms with E-state index in [4.69, 9.17) is 18.5 Å². The third-order valence-corrected chi connectivity index (χ3v) is 9.24. The summed E-state index contributed by atoms with van der Waals surface area (Å²) in [6.07, 6.45) is 49.5. The molecule has 10 nitrogen and oxygen atoms in total. The number of aliphatic hydroxyl groups excluding tert-OH is 2. The highest BCUT2D eigenvalue weighted by Gasteiger charge is 2.27. The third-order valence-electron chi connectivity index (χ3n) is 8.29. The van der Waals surface area contributed by atoms with Crippen LogP contribution in [0.15, 0.2) is 97.2 Å². The molecule has 0 amide bonds. The van der Waals surface area contributed by atoms with Crippen molar-refractivity contribution in [2.75, 3.05) is 26.4 Å². The van der Waals surface area contributed by atoms with Crippen LogP contribution in [0.3, 0.4) is 0 Å². The first-order valence-electron chi connectivity index (χ1n) is 21.2. The van der Waals surface area contributed by atoms with Gasteiger partial charge >= 0.3 is 19.8 Å². The summed E-state index contributed by atoms with van der Waals surface area (Å²) in [5, 5.41) is 19.2. The van der Waals surface area contributed by atoms with Crippen molar-refractivity contribution in [3.8, 4) is 0 Å². The van der Waals surface area contributed by atoms with Crippen LogP contribution in [-0.4, -0.2) is 65.7 Å². The van der Waals surface area contributed by atoms with Gasteiger partial charge in [0.2, 0.25) is 0 Å². The molecule has 0 radical (unpaired) electrons. The van der Waals surface area contributed by atoms with Crippen LogP contribution in [0.4, 0.5) is 0 Å². The average Bonchev–Trinajstić information content (AvgIpc) is 3.20. The van der Waals surface area contributed by atoms with Crippen molar-refractivity contribution in [3.63, 3.8) is 0 Å². The van der Waals surface area contributed by atoms with Gasteiger partial charge in [0.05, 0.1) is 26.4 Å². The summed E-state index contributed by atoms with van der Waals surface area (Å²) < 4.78 is 32.5. The molecule has 57 heavy (non-hydrogen) atoms. The Morgan fingerprint density at radius 3 is 1.14 bits per heavy atom. The predicted octanol–water partition coefficient (Wildman–Crippen LogP) is 11.2. The van der Waals surface area contributed by atoms with E-state index in [1.807, 2.05) is 0 Å². The van der Waals surface area contributed by atoms with Crippen LogP contribution < -0.4 is 0 Å². The maximum Gasteiger partial charge on any atom is 0.472 e. The fraction of sp³-hybridized carbons (Fsp3) is 0.609. The molecule has 0 aromatic carbocycles. The number of carbonyl (C=O) groups excluding carboxylic acids is 2. The smallest absolute Gasteiger partial charge is 0.457 e. The Balaban J connectivity index is 4.03. The molecular weight excluding hydrogens is 743 g/mol. The van der Waals surface area contributed by atoms with Crippen molar-refractivity contribution in [3.05, 3.63) is 97.2 Å². The molecule has 3 atom stereocenters. The summed E-state index contributed by atoms with van der Waals surface area (Å²) >= 11 is 0. The van der Waals surface area contributed by atoms with Crippen LogP contribution >= 0.6 is 7.82 Å². The zero-order valence-electron chi connectivity index (χ0n) is 35.0. The van der Waals surface area contributed by atoms with Gasteiger partial charge in [0, 0.05) is 12.8 Å². The van der Waals surface area contributed by atoms with Crippen molar-refractivity contribution in [1.29, 1.82) is 0 Å². The van der Waals surface area contributed by atoms with E-state index in [1.165, 1.54) is 0 Å². The summed E-state index contributed by atoms with van der Waals surface area (Å²) in [5.41, 5.74) is 0. The number of phosphoric ester groups is 1. The maximum atomic E-state index is 12.4. The molecule has 3 N–H and O–H groups in total. The van der Waals surface area contributed by atoms with Gasteiger partial charge in [0.25, 0.3) is 0 Å². The molecule has 0 rings (SSSR count). The van der Waals surface area contributed by atoms with E-state index in [-0.39, 0.29) is 12.8 Å². The summed E-state index contributed by atoms with van der Waals surface area (Å²) in [5.74, 6) is -1.09. The second kappa shape index (κ2) is 41.1. The number of aliphatic hydroxyl groups is 2. The molecular formula is C46H75O10P. The predicted molar refractivity (Wildman–Crippen MR) is 232 cm³/mol. The van der Waals surface area contributed by atoms with Crippen molar-refractivity contribution in [1.82, 2.24) is 0 Å². The number of allylic oxidation sites excluding steroid dienone is 16. The molecule has 0 bridgehead atoms. The van der Waals surface area contributed by atoms with E-state index in [0.717, 1.165) is 103 Å². The molecule has 324 valence electrons. The van der Waals surface area contributed by atoms with Gasteiger partial charge in [0.1, 0.15) is 12.2 Å². The molecule has 0 heterocycles. The maximum absolute atomic E-state index is 12.4. The largest absolute Gasteiger partial charge is 0.472 e. The fourth-order valence-corrected chi connectivity index (χ4v) is 5.88. The van der Waals surface area contributed by atoms with Gasteiger partial charge in [-0.15, -0.1) is 0 Å². The van der Waals surface area contributed by atoms with Gasteiger partial charge < -0.3 is 24.6 Å². The molecule has 0 aromatic rings. The second-order valence-electron chi connectivity index (χ2n) is 13.6. The monoisotopic (exact) mass is 819 g/mol. The Bertz CT molecular complexity index is 1260. The van der Waals surface area contributed by atoms with Gasteiger partial charge in [-0.1, -0.05) is 137 Å². The van der Waals surface area contributed by atoms with Crippen LogP contribution in [0.25, 0.3) is 0 Å². The van der Waals surface area contributed by atoms with Gasteiger partial charge in [-0.3, -0.25) is 18.6 Å². The number of hydrogen-bond acceptors (Lipinski definition) is 9. The molecule has 0 saturated heterocycles. The molecule has 0 aromatic heterocycles. The first-order valence-corrected chi connectivity index (χ1v) is 22.7. The van der Waals surface area contributed by atoms with Gasteiger partial charge in [-0.05, 0) is 89.9 Å². The van der Waals surface area contributed by atoms with E-state index in [2.05, 4.69) is 111 Å². The Morgan fingerprint density at radius 2 is 0.772 bits per heavy atom. The van der Waals surface area contributed by atoms with Crippen LogP contribution in [0.1, 0.15) is 142 Å². The number of ether oxygens (including phenoxy) is 2. The minimum Gasteiger partial charge on any atom is -0.457 e. The van der Waals surface area contributed by atoms with E-state index < -0.39 is 58.4 Å². The lowest BCUT2D eigenvalue weighted by atomic mass is 10.1. The number of carbonyl (C=O) groups is 2. The van der Waals surface area contributed by atoms with Crippen LogP contribution in [0, 0.1) is 0 Å². The van der Waals surface area contributed by atoms with Crippen molar-refractivity contribution < 1.29 is 47.8 Å². The van der Waals surface area contributed by atoms with E-state index >= 15 is 0 Å². The lowest BCUT2D eigenvalue weighted by molar-refractivity contribution is -0.153. The first-order chi connectivity index (χ1) is 27.8. The summed E-state index contributed by atoms with van der Waals surface area (Å²) in [4.78, 5) is 34.5. The van der Waals surface area contributed by atoms with Crippen molar-refractivity contribution >= 4 is 19.8 Å². The topological polar surface area (TPSA) is 149 Å². The van der Waals surface area contributed by atoms with E-state index in [9.17, 15) is 29.3 Å². The second-order valence-corrected chi connectivity index (χ2v) is 15.0. The number of unbranched alkanes of at least 4 members (excludes halogenated alkanes) is 8. The molecule has 0 aliphatic heterocycles. The fourth-order valence-electron chi connectivity index (χ4n) is 5.09. The molecule has 0 saturated carbocycles. The summed E-state index contributed by atoms with van der Waals surface area (Å²) in [7, 11) is -4.66. The molecule has 0 aliphatic carbocycles. The van der Waals surface area contributed by atoms with Gasteiger partial charge in [-0.25, -0.2) is 4.57 Å². The summed E-state index contributed by atoms with van der Waals surface area (Å²) in [6, 6.07) is 0. The van der Waals surface area contributed by atoms with Crippen LogP contribution in [0.5, 0.6) is 0 Å². The van der Waals surface area contributed by atoms with E-state index in [1.54, 1.807) is 0 Å². The Morgan fingerprint density at radius 1 is 0.474 bits per heavy atom.